The number of carbonyl (C=O) groups is 3. The van der Waals surface area contributed by atoms with Gasteiger partial charge in [0.2, 0.25) is 0 Å². The molecule has 0 aromatic heterocycles. The van der Waals surface area contributed by atoms with Gasteiger partial charge in [-0.1, -0.05) is 79.1 Å². The second-order valence-corrected chi connectivity index (χ2v) is 8.90. The SMILES string of the molecule is CC(C)CCCCC(=O)O.CC1CCCC(C(=O)O)C1.CCCCCCCC(=O)O. The maximum Gasteiger partial charge on any atom is 0.306 e. The molecule has 30 heavy (non-hydrogen) atoms. The van der Waals surface area contributed by atoms with Gasteiger partial charge >= 0.3 is 17.9 Å². The third-order valence-electron chi connectivity index (χ3n) is 5.20. The fourth-order valence-corrected chi connectivity index (χ4v) is 3.37. The zero-order valence-corrected chi connectivity index (χ0v) is 19.7. The van der Waals surface area contributed by atoms with Gasteiger partial charge in [-0.05, 0) is 37.5 Å². The third-order valence-corrected chi connectivity index (χ3v) is 5.20. The fourth-order valence-electron chi connectivity index (χ4n) is 3.37. The van der Waals surface area contributed by atoms with Crippen molar-refractivity contribution in [2.45, 2.75) is 118 Å². The smallest absolute Gasteiger partial charge is 0.306 e. The first kappa shape index (κ1) is 30.6. The van der Waals surface area contributed by atoms with Crippen molar-refractivity contribution in [3.63, 3.8) is 0 Å². The molecule has 0 aliphatic heterocycles. The van der Waals surface area contributed by atoms with Crippen LogP contribution in [0.25, 0.3) is 0 Å². The normalized spacial score (nSPS) is 17.9. The Morgan fingerprint density at radius 3 is 1.77 bits per heavy atom. The number of hydrogen-bond acceptors (Lipinski definition) is 3. The highest BCUT2D eigenvalue weighted by molar-refractivity contribution is 5.70. The minimum atomic E-state index is -0.677. The minimum Gasteiger partial charge on any atom is -0.481 e. The van der Waals surface area contributed by atoms with Crippen molar-refractivity contribution in [2.24, 2.45) is 17.8 Å². The van der Waals surface area contributed by atoms with Gasteiger partial charge in [0.25, 0.3) is 0 Å². The molecule has 0 saturated heterocycles. The molecule has 1 rings (SSSR count). The average Bonchev–Trinajstić information content (AvgIpc) is 2.65. The van der Waals surface area contributed by atoms with E-state index in [-0.39, 0.29) is 5.92 Å². The lowest BCUT2D eigenvalue weighted by molar-refractivity contribution is -0.143. The Labute approximate surface area is 183 Å². The highest BCUT2D eigenvalue weighted by Crippen LogP contribution is 2.28. The van der Waals surface area contributed by atoms with Gasteiger partial charge in [-0.3, -0.25) is 14.4 Å². The molecule has 1 aliphatic carbocycles. The van der Waals surface area contributed by atoms with Crippen LogP contribution in [0.3, 0.4) is 0 Å². The standard InChI is InChI=1S/C8H14O2.2C8H16O2/c1-6-3-2-4-7(5-6)8(9)10;1-7(2)5-3-4-6-8(9)10;1-2-3-4-5-6-7-8(9)10/h6-7H,2-5H2,1H3,(H,9,10);7H,3-6H2,1-2H3,(H,9,10);2-7H2,1H3,(H,9,10). The Hall–Kier alpha value is -1.59. The summed E-state index contributed by atoms with van der Waals surface area (Å²) in [4.78, 5) is 30.6. The number of carboxylic acid groups (broad SMARTS) is 3. The summed E-state index contributed by atoms with van der Waals surface area (Å²) in [5.41, 5.74) is 0. The van der Waals surface area contributed by atoms with Crippen LogP contribution in [-0.2, 0) is 14.4 Å². The third kappa shape index (κ3) is 24.4. The van der Waals surface area contributed by atoms with E-state index in [9.17, 15) is 14.4 Å². The summed E-state index contributed by atoms with van der Waals surface area (Å²) in [7, 11) is 0. The first-order valence-corrected chi connectivity index (χ1v) is 11.8. The van der Waals surface area contributed by atoms with Gasteiger partial charge in [0.05, 0.1) is 5.92 Å². The van der Waals surface area contributed by atoms with Crippen molar-refractivity contribution in [1.82, 2.24) is 0 Å². The maximum atomic E-state index is 10.5. The van der Waals surface area contributed by atoms with E-state index in [1.807, 2.05) is 0 Å². The summed E-state index contributed by atoms with van der Waals surface area (Å²) >= 11 is 0. The molecule has 0 heterocycles. The van der Waals surface area contributed by atoms with E-state index in [1.165, 1.54) is 25.7 Å². The van der Waals surface area contributed by atoms with Gasteiger partial charge in [-0.15, -0.1) is 0 Å². The van der Waals surface area contributed by atoms with E-state index in [2.05, 4.69) is 27.7 Å². The van der Waals surface area contributed by atoms with Gasteiger partial charge in [-0.25, -0.2) is 0 Å². The van der Waals surface area contributed by atoms with E-state index >= 15 is 0 Å². The Morgan fingerprint density at radius 2 is 1.37 bits per heavy atom. The molecule has 2 atom stereocenters. The quantitative estimate of drug-likeness (QED) is 0.300. The van der Waals surface area contributed by atoms with Gasteiger partial charge in [0.15, 0.2) is 0 Å². The average molecular weight is 431 g/mol. The molecule has 178 valence electrons. The van der Waals surface area contributed by atoms with Crippen molar-refractivity contribution >= 4 is 17.9 Å². The molecule has 0 bridgehead atoms. The maximum absolute atomic E-state index is 10.5. The van der Waals surface area contributed by atoms with Gasteiger partial charge in [-0.2, -0.15) is 0 Å². The van der Waals surface area contributed by atoms with Crippen LogP contribution in [0.5, 0.6) is 0 Å². The molecule has 3 N–H and O–H groups in total. The molecular weight excluding hydrogens is 384 g/mol. The molecule has 0 spiro atoms. The molecule has 0 radical (unpaired) electrons. The van der Waals surface area contributed by atoms with Crippen LogP contribution >= 0.6 is 0 Å². The van der Waals surface area contributed by atoms with E-state index in [0.717, 1.165) is 51.4 Å². The predicted molar refractivity (Wildman–Crippen MR) is 121 cm³/mol. The van der Waals surface area contributed by atoms with Gasteiger partial charge < -0.3 is 15.3 Å². The lowest BCUT2D eigenvalue weighted by atomic mass is 9.83. The van der Waals surface area contributed by atoms with Crippen molar-refractivity contribution in [1.29, 1.82) is 0 Å². The van der Waals surface area contributed by atoms with Gasteiger partial charge in [0, 0.05) is 12.8 Å². The summed E-state index contributed by atoms with van der Waals surface area (Å²) in [5, 5.41) is 25.2. The lowest BCUT2D eigenvalue weighted by Crippen LogP contribution is -2.20. The first-order valence-electron chi connectivity index (χ1n) is 11.8. The fraction of sp³-hybridized carbons (Fsp3) is 0.875. The van der Waals surface area contributed by atoms with Crippen LogP contribution in [0.15, 0.2) is 0 Å². The van der Waals surface area contributed by atoms with Crippen LogP contribution < -0.4 is 0 Å². The molecular formula is C24H46O6. The summed E-state index contributed by atoms with van der Waals surface area (Å²) < 4.78 is 0. The molecule has 0 aromatic carbocycles. The van der Waals surface area contributed by atoms with E-state index in [0.29, 0.717) is 24.7 Å². The van der Waals surface area contributed by atoms with E-state index in [4.69, 9.17) is 15.3 Å². The van der Waals surface area contributed by atoms with Crippen LogP contribution in [0, 0.1) is 17.8 Å². The van der Waals surface area contributed by atoms with Crippen LogP contribution in [-0.4, -0.2) is 33.2 Å². The molecule has 1 saturated carbocycles. The second kappa shape index (κ2) is 20.7. The molecule has 2 unspecified atom stereocenters. The van der Waals surface area contributed by atoms with Crippen LogP contribution in [0.2, 0.25) is 0 Å². The van der Waals surface area contributed by atoms with E-state index in [1.54, 1.807) is 0 Å². The number of carboxylic acids is 3. The minimum absolute atomic E-state index is 0.0521. The summed E-state index contributed by atoms with van der Waals surface area (Å²) in [5.74, 6) is -0.681. The Kier molecular flexibility index (Phi) is 21.1. The van der Waals surface area contributed by atoms with Crippen molar-refractivity contribution in [2.75, 3.05) is 0 Å². The van der Waals surface area contributed by atoms with E-state index < -0.39 is 17.9 Å². The second-order valence-electron chi connectivity index (χ2n) is 8.90. The monoisotopic (exact) mass is 430 g/mol. The molecule has 1 fully saturated rings. The topological polar surface area (TPSA) is 112 Å². The number of aliphatic carboxylic acids is 3. The predicted octanol–water partition coefficient (Wildman–Crippen LogP) is 6.62. The number of rotatable bonds is 12. The van der Waals surface area contributed by atoms with Crippen molar-refractivity contribution in [3.05, 3.63) is 0 Å². The summed E-state index contributed by atoms with van der Waals surface area (Å²) in [6.07, 6.45) is 13.3. The van der Waals surface area contributed by atoms with Crippen LogP contribution in [0.4, 0.5) is 0 Å². The molecule has 6 heteroatoms. The van der Waals surface area contributed by atoms with Gasteiger partial charge in [0.1, 0.15) is 0 Å². The Morgan fingerprint density at radius 1 is 0.833 bits per heavy atom. The zero-order valence-electron chi connectivity index (χ0n) is 19.7. The first-order chi connectivity index (χ1) is 14.1. The molecule has 0 aromatic rings. The van der Waals surface area contributed by atoms with Crippen molar-refractivity contribution in [3.8, 4) is 0 Å². The molecule has 6 nitrogen and oxygen atoms in total. The lowest BCUT2D eigenvalue weighted by Gasteiger charge is -2.22. The number of unbranched alkanes of at least 4 members (excludes halogenated alkanes) is 5. The molecule has 0 amide bonds. The van der Waals surface area contributed by atoms with Crippen molar-refractivity contribution < 1.29 is 29.7 Å². The Bertz CT molecular complexity index is 447. The highest BCUT2D eigenvalue weighted by atomic mass is 16.4. The zero-order chi connectivity index (χ0) is 23.4. The largest absolute Gasteiger partial charge is 0.481 e. The summed E-state index contributed by atoms with van der Waals surface area (Å²) in [6.45, 7) is 8.59. The highest BCUT2D eigenvalue weighted by Gasteiger charge is 2.23. The van der Waals surface area contributed by atoms with Crippen LogP contribution in [0.1, 0.15) is 118 Å². The molecule has 1 aliphatic rings. The number of hydrogen-bond donors (Lipinski definition) is 3. The summed E-state index contributed by atoms with van der Waals surface area (Å²) in [6, 6.07) is 0. The Balaban J connectivity index is 0.